The molecule has 1 aromatic heterocycles. The minimum Gasteiger partial charge on any atom is -0.489 e. The summed E-state index contributed by atoms with van der Waals surface area (Å²) in [5, 5.41) is 10.2. The van der Waals surface area contributed by atoms with Crippen molar-refractivity contribution >= 4 is 40.9 Å². The number of rotatable bonds is 6. The van der Waals surface area contributed by atoms with E-state index in [0.29, 0.717) is 6.61 Å². The number of benzene rings is 2. The molecule has 7 rings (SSSR count). The summed E-state index contributed by atoms with van der Waals surface area (Å²) in [5.41, 5.74) is 2.13. The third-order valence-corrected chi connectivity index (χ3v) is 11.2. The number of aliphatic carboxylic acids is 1. The van der Waals surface area contributed by atoms with Gasteiger partial charge in [0, 0.05) is 16.0 Å². The molecular weight excluding hydrogens is 524 g/mol. The molecule has 2 N–H and O–H groups in total. The van der Waals surface area contributed by atoms with Crippen LogP contribution in [0.15, 0.2) is 64.4 Å². The van der Waals surface area contributed by atoms with Crippen molar-refractivity contribution in [1.29, 1.82) is 0 Å². The highest BCUT2D eigenvalue weighted by atomic mass is 32.2. The summed E-state index contributed by atoms with van der Waals surface area (Å²) in [6, 6.07) is 17.9. The van der Waals surface area contributed by atoms with Crippen LogP contribution in [0.1, 0.15) is 28.3 Å². The molecule has 4 aliphatic rings. The SMILES string of the molecule is O=C(O)CN1C(=O)[C@@H]2[C@H]3C[C@@H]([C@@H]4Sc5[nH]c(=O)sc5[C@H](c5ccc(OCc6ccccc6)cc5)[C@@H]34)[C@H]2C1=O. The monoisotopic (exact) mass is 548 g/mol. The van der Waals surface area contributed by atoms with Gasteiger partial charge in [-0.05, 0) is 47.4 Å². The number of amides is 2. The predicted octanol–water partition coefficient (Wildman–Crippen LogP) is 3.57. The van der Waals surface area contributed by atoms with Crippen molar-refractivity contribution in [3.63, 3.8) is 0 Å². The predicted molar refractivity (Wildman–Crippen MR) is 140 cm³/mol. The van der Waals surface area contributed by atoms with Gasteiger partial charge in [0.2, 0.25) is 11.8 Å². The van der Waals surface area contributed by atoms with Gasteiger partial charge < -0.3 is 14.8 Å². The van der Waals surface area contributed by atoms with E-state index >= 15 is 0 Å². The number of ether oxygens (including phenoxy) is 1. The van der Waals surface area contributed by atoms with Crippen LogP contribution in [0.3, 0.4) is 0 Å². The second kappa shape index (κ2) is 8.84. The number of H-pyrrole nitrogens is 1. The molecule has 2 bridgehead atoms. The van der Waals surface area contributed by atoms with E-state index in [2.05, 4.69) is 4.98 Å². The number of nitrogens with one attached hydrogen (secondary N) is 1. The van der Waals surface area contributed by atoms with Gasteiger partial charge in [0.05, 0.1) is 16.9 Å². The summed E-state index contributed by atoms with van der Waals surface area (Å²) >= 11 is 2.83. The van der Waals surface area contributed by atoms with Crippen LogP contribution in [0.5, 0.6) is 5.75 Å². The quantitative estimate of drug-likeness (QED) is 0.453. The molecular formula is C28H24N2O6S2. The Morgan fingerprint density at radius 3 is 2.42 bits per heavy atom. The van der Waals surface area contributed by atoms with Crippen LogP contribution in [-0.4, -0.2) is 44.6 Å². The van der Waals surface area contributed by atoms with Crippen molar-refractivity contribution in [2.75, 3.05) is 6.54 Å². The van der Waals surface area contributed by atoms with Crippen molar-refractivity contribution in [1.82, 2.24) is 9.88 Å². The number of thioether (sulfide) groups is 1. The Hall–Kier alpha value is -3.37. The molecule has 38 heavy (non-hydrogen) atoms. The first kappa shape index (κ1) is 23.7. The third-order valence-electron chi connectivity index (χ3n) is 8.60. The van der Waals surface area contributed by atoms with Gasteiger partial charge in [0.25, 0.3) is 0 Å². The highest BCUT2D eigenvalue weighted by Gasteiger charge is 2.69. The maximum Gasteiger partial charge on any atom is 0.323 e. The average Bonchev–Trinajstić information content (AvgIpc) is 3.64. The molecule has 2 aliphatic carbocycles. The lowest BCUT2D eigenvalue weighted by Crippen LogP contribution is -2.42. The average molecular weight is 549 g/mol. The fraction of sp³-hybridized carbons (Fsp3) is 0.357. The van der Waals surface area contributed by atoms with Gasteiger partial charge in [0.15, 0.2) is 0 Å². The number of carbonyl (C=O) groups excluding carboxylic acids is 2. The number of aromatic nitrogens is 1. The molecule has 194 valence electrons. The molecule has 2 aromatic carbocycles. The van der Waals surface area contributed by atoms with Gasteiger partial charge in [-0.15, -0.1) is 11.8 Å². The Bertz CT molecular complexity index is 1500. The minimum atomic E-state index is -1.18. The molecule has 3 heterocycles. The van der Waals surface area contributed by atoms with Crippen LogP contribution in [0.2, 0.25) is 0 Å². The first-order valence-electron chi connectivity index (χ1n) is 12.6. The number of likely N-dealkylation sites (tertiary alicyclic amines) is 1. The summed E-state index contributed by atoms with van der Waals surface area (Å²) < 4.78 is 5.98. The van der Waals surface area contributed by atoms with Gasteiger partial charge in [-0.2, -0.15) is 0 Å². The molecule has 0 unspecified atom stereocenters. The number of aromatic amines is 1. The van der Waals surface area contributed by atoms with Crippen LogP contribution < -0.4 is 9.61 Å². The number of hydrogen-bond donors (Lipinski definition) is 2. The van der Waals surface area contributed by atoms with E-state index in [1.54, 1.807) is 11.8 Å². The number of thiazole rings is 1. The number of hydrogen-bond acceptors (Lipinski definition) is 7. The fourth-order valence-corrected chi connectivity index (χ4v) is 10.1. The second-order valence-electron chi connectivity index (χ2n) is 10.5. The van der Waals surface area contributed by atoms with Crippen molar-refractivity contribution in [2.24, 2.45) is 29.6 Å². The maximum absolute atomic E-state index is 13.3. The minimum absolute atomic E-state index is 0.0252. The molecule has 3 aromatic rings. The first-order chi connectivity index (χ1) is 18.4. The van der Waals surface area contributed by atoms with E-state index in [1.165, 1.54) is 11.3 Å². The Balaban J connectivity index is 1.21. The highest BCUT2D eigenvalue weighted by molar-refractivity contribution is 8.00. The number of carboxylic acid groups (broad SMARTS) is 1. The Morgan fingerprint density at radius 2 is 1.71 bits per heavy atom. The molecule has 10 heteroatoms. The van der Waals surface area contributed by atoms with Crippen molar-refractivity contribution in [3.05, 3.63) is 80.3 Å². The zero-order valence-corrected chi connectivity index (χ0v) is 21.7. The fourth-order valence-electron chi connectivity index (χ4n) is 7.26. The smallest absolute Gasteiger partial charge is 0.323 e. The summed E-state index contributed by atoms with van der Waals surface area (Å²) in [6.45, 7) is -0.120. The van der Waals surface area contributed by atoms with Crippen molar-refractivity contribution < 1.29 is 24.2 Å². The van der Waals surface area contributed by atoms with E-state index < -0.39 is 24.3 Å². The molecule has 8 nitrogen and oxygen atoms in total. The van der Waals surface area contributed by atoms with Gasteiger partial charge in [0.1, 0.15) is 18.9 Å². The van der Waals surface area contributed by atoms with Crippen LogP contribution >= 0.6 is 23.1 Å². The van der Waals surface area contributed by atoms with E-state index in [9.17, 15) is 24.3 Å². The normalized spacial score (nSPS) is 30.7. The summed E-state index contributed by atoms with van der Waals surface area (Å²) in [4.78, 5) is 55.0. The van der Waals surface area contributed by atoms with E-state index in [-0.39, 0.29) is 45.6 Å². The molecule has 2 amide bonds. The Labute approximate surface area is 226 Å². The molecule has 0 spiro atoms. The number of fused-ring (bicyclic) bond motifs is 9. The first-order valence-corrected chi connectivity index (χ1v) is 14.3. The molecule has 3 fully saturated rings. The standard InChI is InChI=1S/C28H24N2O6S2/c31-18(32)11-30-26(33)21-16-10-17(22(21)27(30)34)23-20(16)19(24-25(37-23)29-28(35)38-24)14-6-8-15(9-7-14)36-12-13-4-2-1-3-5-13/h1-9,16-17,19-23H,10-12H2,(H,29,35)(H,31,32)/t16-,17+,19+,20+,21+,22+,23-/m0/s1. The van der Waals surface area contributed by atoms with Gasteiger partial charge in [-0.25, -0.2) is 0 Å². The summed E-state index contributed by atoms with van der Waals surface area (Å²) in [6.07, 6.45) is 0.768. The number of nitrogens with zero attached hydrogens (tertiary/aromatic N) is 1. The topological polar surface area (TPSA) is 117 Å². The van der Waals surface area contributed by atoms with Crippen LogP contribution in [0, 0.1) is 29.6 Å². The molecule has 0 radical (unpaired) electrons. The van der Waals surface area contributed by atoms with Gasteiger partial charge in [-0.3, -0.25) is 24.1 Å². The van der Waals surface area contributed by atoms with Gasteiger partial charge >= 0.3 is 10.8 Å². The van der Waals surface area contributed by atoms with E-state index in [1.807, 2.05) is 54.6 Å². The maximum atomic E-state index is 13.3. The van der Waals surface area contributed by atoms with E-state index in [0.717, 1.165) is 38.1 Å². The van der Waals surface area contributed by atoms with Crippen molar-refractivity contribution in [3.8, 4) is 5.75 Å². The lowest BCUT2D eigenvalue weighted by atomic mass is 9.68. The van der Waals surface area contributed by atoms with Crippen LogP contribution in [-0.2, 0) is 21.0 Å². The molecule has 2 saturated carbocycles. The zero-order chi connectivity index (χ0) is 26.1. The van der Waals surface area contributed by atoms with Crippen LogP contribution in [0.4, 0.5) is 0 Å². The largest absolute Gasteiger partial charge is 0.489 e. The second-order valence-corrected chi connectivity index (χ2v) is 12.7. The summed E-state index contributed by atoms with van der Waals surface area (Å²) in [7, 11) is 0. The molecule has 2 aliphatic heterocycles. The molecule has 1 saturated heterocycles. The lowest BCUT2D eigenvalue weighted by molar-refractivity contribution is -0.149. The number of carboxylic acids is 1. The number of carbonyl (C=O) groups is 3. The lowest BCUT2D eigenvalue weighted by Gasteiger charge is -2.43. The van der Waals surface area contributed by atoms with Crippen LogP contribution in [0.25, 0.3) is 0 Å². The Kier molecular flexibility index (Phi) is 5.52. The molecule has 7 atom stereocenters. The number of imide groups is 1. The Morgan fingerprint density at radius 1 is 1.00 bits per heavy atom. The van der Waals surface area contributed by atoms with Crippen molar-refractivity contribution in [2.45, 2.75) is 29.2 Å². The van der Waals surface area contributed by atoms with Gasteiger partial charge in [-0.1, -0.05) is 53.8 Å². The summed E-state index contributed by atoms with van der Waals surface area (Å²) in [5.74, 6) is -2.18. The zero-order valence-electron chi connectivity index (χ0n) is 20.1. The van der Waals surface area contributed by atoms with E-state index in [4.69, 9.17) is 4.74 Å². The highest BCUT2D eigenvalue weighted by Crippen LogP contribution is 2.68. The third kappa shape index (κ3) is 3.57.